The van der Waals surface area contributed by atoms with Crippen LogP contribution in [0.1, 0.15) is 29.0 Å². The van der Waals surface area contributed by atoms with Gasteiger partial charge in [-0.2, -0.15) is 8.75 Å². The molecule has 2 rings (SSSR count). The summed E-state index contributed by atoms with van der Waals surface area (Å²) in [5, 5.41) is 0. The molecule has 0 bridgehead atoms. The van der Waals surface area contributed by atoms with E-state index in [1.165, 1.54) is 12.8 Å². The lowest BCUT2D eigenvalue weighted by Crippen LogP contribution is -2.42. The van der Waals surface area contributed by atoms with Crippen molar-refractivity contribution in [1.82, 2.24) is 18.5 Å². The Morgan fingerprint density at radius 3 is 3.00 bits per heavy atom. The third kappa shape index (κ3) is 4.46. The molecule has 1 atom stereocenters. The van der Waals surface area contributed by atoms with Gasteiger partial charge in [-0.05, 0) is 32.2 Å². The van der Waals surface area contributed by atoms with Crippen LogP contribution in [0.3, 0.4) is 0 Å². The second-order valence-corrected chi connectivity index (χ2v) is 6.21. The van der Waals surface area contributed by atoms with Crippen LogP contribution in [-0.2, 0) is 4.74 Å². The summed E-state index contributed by atoms with van der Waals surface area (Å²) in [6.45, 7) is 6.52. The molecule has 1 fully saturated rings. The molecule has 7 heteroatoms. The van der Waals surface area contributed by atoms with Gasteiger partial charge in [0.1, 0.15) is 0 Å². The van der Waals surface area contributed by atoms with Crippen LogP contribution in [0, 0.1) is 12.8 Å². The van der Waals surface area contributed by atoms with Crippen molar-refractivity contribution in [1.29, 1.82) is 0 Å². The second kappa shape index (κ2) is 7.82. The molecule has 21 heavy (non-hydrogen) atoms. The number of aryl methyl sites for hydroxylation is 1. The van der Waals surface area contributed by atoms with E-state index in [1.807, 2.05) is 14.0 Å². The van der Waals surface area contributed by atoms with Gasteiger partial charge in [0.05, 0.1) is 24.0 Å². The molecule has 0 aromatic carbocycles. The number of carbonyl (C=O) groups is 1. The Hall–Kier alpha value is -1.05. The van der Waals surface area contributed by atoms with Crippen molar-refractivity contribution in [3.05, 3.63) is 11.4 Å². The summed E-state index contributed by atoms with van der Waals surface area (Å²) < 4.78 is 13.3. The van der Waals surface area contributed by atoms with Crippen molar-refractivity contribution >= 4 is 17.6 Å². The molecule has 1 saturated heterocycles. The quantitative estimate of drug-likeness (QED) is 0.792. The molecule has 1 aliphatic heterocycles. The molecular weight excluding hydrogens is 288 g/mol. The first-order valence-corrected chi connectivity index (χ1v) is 8.10. The number of ether oxygens (including phenoxy) is 1. The van der Waals surface area contributed by atoms with Gasteiger partial charge in [0.2, 0.25) is 0 Å². The molecule has 1 aromatic heterocycles. The molecule has 1 aliphatic rings. The van der Waals surface area contributed by atoms with E-state index in [-0.39, 0.29) is 5.91 Å². The predicted octanol–water partition coefficient (Wildman–Crippen LogP) is 1.28. The predicted molar refractivity (Wildman–Crippen MR) is 82.6 cm³/mol. The van der Waals surface area contributed by atoms with Gasteiger partial charge in [0.15, 0.2) is 5.69 Å². The number of hydrogen-bond acceptors (Lipinski definition) is 6. The zero-order valence-corrected chi connectivity index (χ0v) is 13.9. The maximum Gasteiger partial charge on any atom is 0.275 e. The molecule has 1 unspecified atom stereocenters. The summed E-state index contributed by atoms with van der Waals surface area (Å²) in [6.07, 6.45) is 2.36. The van der Waals surface area contributed by atoms with Gasteiger partial charge in [0.25, 0.3) is 5.91 Å². The van der Waals surface area contributed by atoms with Crippen LogP contribution in [0.25, 0.3) is 0 Å². The molecule has 0 saturated carbocycles. The van der Waals surface area contributed by atoms with Gasteiger partial charge >= 0.3 is 0 Å². The van der Waals surface area contributed by atoms with Crippen molar-refractivity contribution in [3.63, 3.8) is 0 Å². The zero-order chi connectivity index (χ0) is 15.2. The minimum atomic E-state index is -0.0183. The smallest absolute Gasteiger partial charge is 0.275 e. The maximum absolute atomic E-state index is 12.4. The lowest BCUT2D eigenvalue weighted by molar-refractivity contribution is 0.0698. The molecule has 0 spiro atoms. The van der Waals surface area contributed by atoms with Gasteiger partial charge in [-0.25, -0.2) is 0 Å². The first-order chi connectivity index (χ1) is 10.1. The first-order valence-electron chi connectivity index (χ1n) is 7.37. The van der Waals surface area contributed by atoms with E-state index in [1.54, 1.807) is 12.0 Å². The summed E-state index contributed by atoms with van der Waals surface area (Å²) in [5.41, 5.74) is 1.22. The topological polar surface area (TPSA) is 58.6 Å². The van der Waals surface area contributed by atoms with Gasteiger partial charge < -0.3 is 14.5 Å². The number of likely N-dealkylation sites (tertiary alicyclic amines) is 1. The van der Waals surface area contributed by atoms with Crippen LogP contribution >= 0.6 is 11.7 Å². The average molecular weight is 312 g/mol. The van der Waals surface area contributed by atoms with Crippen LogP contribution in [-0.4, -0.2) is 71.4 Å². The minimum absolute atomic E-state index is 0.0183. The molecular formula is C14H24N4O2S. The lowest BCUT2D eigenvalue weighted by Gasteiger charge is -2.34. The number of amides is 1. The van der Waals surface area contributed by atoms with E-state index in [4.69, 9.17) is 4.74 Å². The Bertz CT molecular complexity index is 466. The summed E-state index contributed by atoms with van der Waals surface area (Å²) in [6, 6.07) is 0. The van der Waals surface area contributed by atoms with E-state index in [2.05, 4.69) is 13.6 Å². The molecule has 118 valence electrons. The van der Waals surface area contributed by atoms with Crippen LogP contribution in [0.4, 0.5) is 0 Å². The van der Waals surface area contributed by atoms with E-state index in [0.717, 1.165) is 50.2 Å². The minimum Gasteiger partial charge on any atom is -0.383 e. The fraction of sp³-hybridized carbons (Fsp3) is 0.786. The van der Waals surface area contributed by atoms with Gasteiger partial charge in [0, 0.05) is 33.8 Å². The van der Waals surface area contributed by atoms with E-state index in [0.29, 0.717) is 11.6 Å². The highest BCUT2D eigenvalue weighted by Crippen LogP contribution is 2.18. The van der Waals surface area contributed by atoms with Crippen LogP contribution in [0.5, 0.6) is 0 Å². The third-order valence-corrected chi connectivity index (χ3v) is 4.57. The monoisotopic (exact) mass is 312 g/mol. The van der Waals surface area contributed by atoms with E-state index < -0.39 is 0 Å². The second-order valence-electron chi connectivity index (χ2n) is 5.69. The largest absolute Gasteiger partial charge is 0.383 e. The van der Waals surface area contributed by atoms with Crippen molar-refractivity contribution in [2.45, 2.75) is 19.8 Å². The molecule has 0 radical (unpaired) electrons. The number of aromatic nitrogens is 2. The summed E-state index contributed by atoms with van der Waals surface area (Å²) in [7, 11) is 3.59. The highest BCUT2D eigenvalue weighted by Gasteiger charge is 2.24. The Balaban J connectivity index is 1.85. The van der Waals surface area contributed by atoms with Crippen LogP contribution in [0.15, 0.2) is 0 Å². The van der Waals surface area contributed by atoms with Crippen molar-refractivity contribution in [3.8, 4) is 0 Å². The van der Waals surface area contributed by atoms with Gasteiger partial charge in [-0.15, -0.1) is 0 Å². The van der Waals surface area contributed by atoms with Gasteiger partial charge in [-0.3, -0.25) is 4.79 Å². The molecule has 0 N–H and O–H groups in total. The van der Waals surface area contributed by atoms with Crippen molar-refractivity contribution in [2.75, 3.05) is 46.9 Å². The number of piperidine rings is 1. The first kappa shape index (κ1) is 16.3. The normalized spacial score (nSPS) is 19.7. The fourth-order valence-corrected chi connectivity index (χ4v) is 3.34. The Morgan fingerprint density at radius 2 is 2.33 bits per heavy atom. The number of carbonyl (C=O) groups excluding carboxylic acids is 1. The molecule has 1 amide bonds. The SMILES string of the molecule is COCCN1CCCC(CN(C)C(=O)c2nsnc2C)C1. The summed E-state index contributed by atoms with van der Waals surface area (Å²) in [5.74, 6) is 0.506. The Morgan fingerprint density at radius 1 is 1.52 bits per heavy atom. The lowest BCUT2D eigenvalue weighted by atomic mass is 9.97. The number of rotatable bonds is 6. The highest BCUT2D eigenvalue weighted by atomic mass is 32.1. The third-order valence-electron chi connectivity index (χ3n) is 3.95. The molecule has 1 aromatic rings. The molecule has 6 nitrogen and oxygen atoms in total. The van der Waals surface area contributed by atoms with Crippen molar-refractivity contribution in [2.24, 2.45) is 5.92 Å². The summed E-state index contributed by atoms with van der Waals surface area (Å²) >= 11 is 1.10. The van der Waals surface area contributed by atoms with E-state index >= 15 is 0 Å². The molecule has 0 aliphatic carbocycles. The number of nitrogens with zero attached hydrogens (tertiary/aromatic N) is 4. The average Bonchev–Trinajstić information content (AvgIpc) is 2.90. The van der Waals surface area contributed by atoms with Crippen LogP contribution in [0.2, 0.25) is 0 Å². The fourth-order valence-electron chi connectivity index (χ4n) is 2.80. The standard InChI is InChI=1S/C14H24N4O2S/c1-11-13(16-21-15-11)14(19)17(2)9-12-5-4-6-18(10-12)7-8-20-3/h12H,4-10H2,1-3H3. The zero-order valence-electron chi connectivity index (χ0n) is 13.0. The number of hydrogen-bond donors (Lipinski definition) is 0. The Kier molecular flexibility index (Phi) is 6.08. The van der Waals surface area contributed by atoms with Crippen molar-refractivity contribution < 1.29 is 9.53 Å². The molecule has 2 heterocycles. The summed E-state index contributed by atoms with van der Waals surface area (Å²) in [4.78, 5) is 16.6. The highest BCUT2D eigenvalue weighted by molar-refractivity contribution is 6.99. The maximum atomic E-state index is 12.4. The van der Waals surface area contributed by atoms with E-state index in [9.17, 15) is 4.79 Å². The number of methoxy groups -OCH3 is 1. The Labute approximate surface area is 130 Å². The van der Waals surface area contributed by atoms with Gasteiger partial charge in [-0.1, -0.05) is 0 Å². The van der Waals surface area contributed by atoms with Crippen LogP contribution < -0.4 is 0 Å².